The van der Waals surface area contributed by atoms with E-state index in [-0.39, 0.29) is 5.75 Å². The van der Waals surface area contributed by atoms with Crippen LogP contribution in [0.2, 0.25) is 0 Å². The number of fused-ring (bicyclic) bond motifs is 2. The fourth-order valence-electron chi connectivity index (χ4n) is 2.71. The van der Waals surface area contributed by atoms with Gasteiger partial charge >= 0.3 is 0 Å². The number of hydrogen-bond donors (Lipinski definition) is 1. The molecule has 0 aliphatic rings. The van der Waals surface area contributed by atoms with E-state index in [0.717, 1.165) is 27.4 Å². The predicted octanol–water partition coefficient (Wildman–Crippen LogP) is 4.84. The highest BCUT2D eigenvalue weighted by Gasteiger charge is 2.04. The van der Waals surface area contributed by atoms with Crippen molar-refractivity contribution in [3.05, 3.63) is 78.5 Å². The van der Waals surface area contributed by atoms with Crippen molar-refractivity contribution in [3.63, 3.8) is 0 Å². The van der Waals surface area contributed by atoms with Crippen molar-refractivity contribution in [3.8, 4) is 5.75 Å². The topological polar surface area (TPSA) is 45.5 Å². The summed E-state index contributed by atoms with van der Waals surface area (Å²) in [4.78, 5) is 8.91. The molecule has 0 aliphatic carbocycles. The Kier molecular flexibility index (Phi) is 3.24. The molecule has 0 saturated heterocycles. The van der Waals surface area contributed by atoms with Gasteiger partial charge in [0, 0.05) is 28.7 Å². The van der Waals surface area contributed by atoms with Gasteiger partial charge in [-0.2, -0.15) is 0 Å². The number of rotatable bonds is 2. The van der Waals surface area contributed by atoms with Gasteiger partial charge in [-0.25, -0.2) is 0 Å². The highest BCUT2D eigenvalue weighted by atomic mass is 16.3. The van der Waals surface area contributed by atoms with Crippen LogP contribution in [0.4, 0.5) is 5.69 Å². The van der Waals surface area contributed by atoms with E-state index in [1.54, 1.807) is 12.4 Å². The van der Waals surface area contributed by atoms with Crippen LogP contribution in [0.15, 0.2) is 77.9 Å². The number of para-hydroxylation sites is 1. The summed E-state index contributed by atoms with van der Waals surface area (Å²) in [6.45, 7) is 0. The van der Waals surface area contributed by atoms with Crippen LogP contribution in [-0.4, -0.2) is 16.3 Å². The number of aromatic nitrogens is 1. The first-order chi connectivity index (χ1) is 11.3. The summed E-state index contributed by atoms with van der Waals surface area (Å²) in [7, 11) is 0. The smallest absolute Gasteiger partial charge is 0.132 e. The minimum absolute atomic E-state index is 0.250. The van der Waals surface area contributed by atoms with Crippen molar-refractivity contribution in [1.29, 1.82) is 0 Å². The van der Waals surface area contributed by atoms with Gasteiger partial charge in [0.05, 0.1) is 11.2 Å². The van der Waals surface area contributed by atoms with Crippen LogP contribution >= 0.6 is 0 Å². The Hall–Kier alpha value is -3.20. The van der Waals surface area contributed by atoms with E-state index >= 15 is 0 Å². The molecule has 4 rings (SSSR count). The molecule has 3 aromatic carbocycles. The van der Waals surface area contributed by atoms with Crippen LogP contribution in [0.1, 0.15) is 5.56 Å². The van der Waals surface area contributed by atoms with E-state index in [2.05, 4.69) is 9.98 Å². The maximum atomic E-state index is 10.4. The number of phenolic OH excluding ortho intramolecular Hbond substituents is 1. The normalized spacial score (nSPS) is 11.5. The van der Waals surface area contributed by atoms with E-state index in [1.165, 1.54) is 0 Å². The van der Waals surface area contributed by atoms with Crippen LogP contribution in [-0.2, 0) is 0 Å². The Morgan fingerprint density at radius 2 is 1.65 bits per heavy atom. The Morgan fingerprint density at radius 1 is 0.826 bits per heavy atom. The third-order valence-corrected chi connectivity index (χ3v) is 3.89. The largest absolute Gasteiger partial charge is 0.507 e. The Balaban J connectivity index is 1.80. The number of phenols is 1. The number of pyridine rings is 1. The maximum Gasteiger partial charge on any atom is 0.132 e. The van der Waals surface area contributed by atoms with Crippen LogP contribution in [0.25, 0.3) is 21.7 Å². The zero-order chi connectivity index (χ0) is 15.6. The number of aliphatic imine (C=N–C) groups is 1. The van der Waals surface area contributed by atoms with Gasteiger partial charge in [0.2, 0.25) is 0 Å². The molecule has 0 saturated carbocycles. The van der Waals surface area contributed by atoms with Gasteiger partial charge in [0.1, 0.15) is 5.75 Å². The third kappa shape index (κ3) is 2.42. The molecule has 0 amide bonds. The molecular weight excluding hydrogens is 284 g/mol. The van der Waals surface area contributed by atoms with Crippen LogP contribution in [0.3, 0.4) is 0 Å². The van der Waals surface area contributed by atoms with Gasteiger partial charge in [-0.1, -0.05) is 48.5 Å². The van der Waals surface area contributed by atoms with Crippen LogP contribution in [0, 0.1) is 0 Å². The van der Waals surface area contributed by atoms with Crippen molar-refractivity contribution >= 4 is 33.6 Å². The molecule has 1 heterocycles. The summed E-state index contributed by atoms with van der Waals surface area (Å²) in [5.74, 6) is 0.250. The molecule has 0 atom stereocenters. The zero-order valence-electron chi connectivity index (χ0n) is 12.3. The van der Waals surface area contributed by atoms with E-state index < -0.39 is 0 Å². The second-order valence-electron chi connectivity index (χ2n) is 5.33. The molecular formula is C20H14N2O. The molecule has 3 heteroatoms. The van der Waals surface area contributed by atoms with Crippen molar-refractivity contribution < 1.29 is 5.11 Å². The summed E-state index contributed by atoms with van der Waals surface area (Å²) in [5, 5.41) is 13.3. The van der Waals surface area contributed by atoms with Gasteiger partial charge in [0.15, 0.2) is 0 Å². The number of aromatic hydroxyl groups is 1. The lowest BCUT2D eigenvalue weighted by Gasteiger charge is -2.04. The molecule has 0 fully saturated rings. The van der Waals surface area contributed by atoms with Gasteiger partial charge in [-0.3, -0.25) is 9.98 Å². The molecule has 0 bridgehead atoms. The Labute approximate surface area is 133 Å². The summed E-state index contributed by atoms with van der Waals surface area (Å²) in [5.41, 5.74) is 2.33. The summed E-state index contributed by atoms with van der Waals surface area (Å²) in [6, 6.07) is 21.4. The highest BCUT2D eigenvalue weighted by Crippen LogP contribution is 2.29. The van der Waals surface area contributed by atoms with Crippen molar-refractivity contribution in [1.82, 2.24) is 4.98 Å². The summed E-state index contributed by atoms with van der Waals surface area (Å²) >= 11 is 0. The lowest BCUT2D eigenvalue weighted by atomic mass is 10.1. The Morgan fingerprint density at radius 3 is 2.61 bits per heavy atom. The number of benzene rings is 3. The lowest BCUT2D eigenvalue weighted by Crippen LogP contribution is -1.85. The first-order valence-electron chi connectivity index (χ1n) is 7.41. The molecule has 110 valence electrons. The van der Waals surface area contributed by atoms with Crippen LogP contribution < -0.4 is 0 Å². The molecule has 0 spiro atoms. The minimum Gasteiger partial charge on any atom is -0.507 e. The van der Waals surface area contributed by atoms with Crippen LogP contribution in [0.5, 0.6) is 5.75 Å². The molecule has 23 heavy (non-hydrogen) atoms. The van der Waals surface area contributed by atoms with E-state index in [0.29, 0.717) is 5.56 Å². The van der Waals surface area contributed by atoms with Crippen molar-refractivity contribution in [2.24, 2.45) is 4.99 Å². The number of hydrogen-bond acceptors (Lipinski definition) is 3. The van der Waals surface area contributed by atoms with E-state index in [4.69, 9.17) is 0 Å². The lowest BCUT2D eigenvalue weighted by molar-refractivity contribution is 0.481. The molecule has 0 radical (unpaired) electrons. The maximum absolute atomic E-state index is 10.4. The molecule has 3 nitrogen and oxygen atoms in total. The number of nitrogens with zero attached hydrogens (tertiary/aromatic N) is 2. The average Bonchev–Trinajstić information content (AvgIpc) is 2.61. The fourth-order valence-corrected chi connectivity index (χ4v) is 2.71. The van der Waals surface area contributed by atoms with E-state index in [1.807, 2.05) is 66.7 Å². The third-order valence-electron chi connectivity index (χ3n) is 3.89. The van der Waals surface area contributed by atoms with Gasteiger partial charge in [-0.15, -0.1) is 0 Å². The average molecular weight is 298 g/mol. The quantitative estimate of drug-likeness (QED) is 0.538. The zero-order valence-corrected chi connectivity index (χ0v) is 12.3. The Bertz CT molecular complexity index is 1030. The van der Waals surface area contributed by atoms with Crippen molar-refractivity contribution in [2.75, 3.05) is 0 Å². The minimum atomic E-state index is 0.250. The predicted molar refractivity (Wildman–Crippen MR) is 94.6 cm³/mol. The SMILES string of the molecule is Oc1c(C=Nc2cccc3cccnc23)ccc2ccccc12. The summed E-state index contributed by atoms with van der Waals surface area (Å²) < 4.78 is 0. The molecule has 4 aromatic rings. The van der Waals surface area contributed by atoms with E-state index in [9.17, 15) is 5.11 Å². The first kappa shape index (κ1) is 13.5. The fraction of sp³-hybridized carbons (Fsp3) is 0. The van der Waals surface area contributed by atoms with Gasteiger partial charge < -0.3 is 5.11 Å². The molecule has 0 unspecified atom stereocenters. The second kappa shape index (κ2) is 5.54. The highest BCUT2D eigenvalue weighted by molar-refractivity contribution is 5.99. The first-order valence-corrected chi connectivity index (χ1v) is 7.41. The molecule has 1 aromatic heterocycles. The van der Waals surface area contributed by atoms with Gasteiger partial charge in [-0.05, 0) is 23.6 Å². The standard InChI is InChI=1S/C20H14N2O/c23-20-16(11-10-14-5-1-2-8-17(14)20)13-22-18-9-3-6-15-7-4-12-21-19(15)18/h1-13,23H. The molecule has 0 aliphatic heterocycles. The molecule has 1 N–H and O–H groups in total. The van der Waals surface area contributed by atoms with Crippen molar-refractivity contribution in [2.45, 2.75) is 0 Å². The monoisotopic (exact) mass is 298 g/mol. The second-order valence-corrected chi connectivity index (χ2v) is 5.33. The van der Waals surface area contributed by atoms with Gasteiger partial charge in [0.25, 0.3) is 0 Å². The summed E-state index contributed by atoms with van der Waals surface area (Å²) in [6.07, 6.45) is 3.44.